The molecular formula is C23H19BrN4O2S. The fraction of sp³-hybridized carbons (Fsp3) is 0.130. The number of hydrogen-bond acceptors (Lipinski definition) is 6. The second-order valence-corrected chi connectivity index (χ2v) is 8.39. The summed E-state index contributed by atoms with van der Waals surface area (Å²) in [5.41, 5.74) is 2.39. The minimum Gasteiger partial charge on any atom is -0.494 e. The predicted octanol–water partition coefficient (Wildman–Crippen LogP) is 5.47. The van der Waals surface area contributed by atoms with Gasteiger partial charge in [0.1, 0.15) is 5.75 Å². The van der Waals surface area contributed by atoms with Gasteiger partial charge in [-0.2, -0.15) is 0 Å². The van der Waals surface area contributed by atoms with Crippen LogP contribution in [0, 0.1) is 0 Å². The molecule has 4 aromatic rings. The molecule has 0 aliphatic heterocycles. The van der Waals surface area contributed by atoms with Crippen LogP contribution in [0.2, 0.25) is 0 Å². The van der Waals surface area contributed by atoms with Crippen molar-refractivity contribution in [3.8, 4) is 22.8 Å². The summed E-state index contributed by atoms with van der Waals surface area (Å²) in [6, 6.07) is 18.9. The van der Waals surface area contributed by atoms with Crippen molar-refractivity contribution in [1.82, 2.24) is 19.7 Å². The maximum atomic E-state index is 12.7. The summed E-state index contributed by atoms with van der Waals surface area (Å²) in [6.07, 6.45) is 3.47. The summed E-state index contributed by atoms with van der Waals surface area (Å²) in [4.78, 5) is 16.9. The Morgan fingerprint density at radius 3 is 2.52 bits per heavy atom. The van der Waals surface area contributed by atoms with Crippen LogP contribution in [-0.2, 0) is 0 Å². The van der Waals surface area contributed by atoms with E-state index >= 15 is 0 Å². The number of Topliss-reactive ketones (excluding diaryl/α,β-unsaturated/α-hetero) is 1. The molecule has 0 bridgehead atoms. The van der Waals surface area contributed by atoms with Gasteiger partial charge in [0.2, 0.25) is 0 Å². The number of hydrogen-bond donors (Lipinski definition) is 0. The van der Waals surface area contributed by atoms with Crippen LogP contribution in [-0.4, -0.2) is 37.9 Å². The number of aromatic nitrogens is 4. The maximum Gasteiger partial charge on any atom is 0.196 e. The number of thioether (sulfide) groups is 1. The average molecular weight is 495 g/mol. The highest BCUT2D eigenvalue weighted by Gasteiger charge is 2.18. The first kappa shape index (κ1) is 21.3. The summed E-state index contributed by atoms with van der Waals surface area (Å²) in [6.45, 7) is 2.52. The first-order valence-electron chi connectivity index (χ1n) is 9.66. The Bertz CT molecular complexity index is 1160. The van der Waals surface area contributed by atoms with Crippen molar-refractivity contribution < 1.29 is 9.53 Å². The molecule has 0 aliphatic carbocycles. The number of carbonyl (C=O) groups is 1. The lowest BCUT2D eigenvalue weighted by Crippen LogP contribution is -2.05. The molecule has 0 aliphatic rings. The Morgan fingerprint density at radius 1 is 1.06 bits per heavy atom. The number of benzene rings is 2. The van der Waals surface area contributed by atoms with Crippen LogP contribution < -0.4 is 4.74 Å². The summed E-state index contributed by atoms with van der Waals surface area (Å²) >= 11 is 4.83. The summed E-state index contributed by atoms with van der Waals surface area (Å²) in [5.74, 6) is 1.69. The van der Waals surface area contributed by atoms with Gasteiger partial charge >= 0.3 is 0 Å². The van der Waals surface area contributed by atoms with E-state index in [1.807, 2.05) is 60.0 Å². The van der Waals surface area contributed by atoms with Crippen LogP contribution >= 0.6 is 27.7 Å². The van der Waals surface area contributed by atoms with Crippen molar-refractivity contribution in [2.24, 2.45) is 0 Å². The van der Waals surface area contributed by atoms with Crippen LogP contribution in [0.25, 0.3) is 17.1 Å². The number of ketones is 1. The highest BCUT2D eigenvalue weighted by atomic mass is 79.9. The molecule has 0 spiro atoms. The number of carbonyl (C=O) groups excluding carboxylic acids is 1. The van der Waals surface area contributed by atoms with E-state index in [4.69, 9.17) is 4.74 Å². The Labute approximate surface area is 192 Å². The van der Waals surface area contributed by atoms with E-state index in [0.717, 1.165) is 21.5 Å². The van der Waals surface area contributed by atoms with Crippen molar-refractivity contribution in [2.45, 2.75) is 12.1 Å². The largest absolute Gasteiger partial charge is 0.494 e. The Morgan fingerprint density at radius 2 is 1.84 bits per heavy atom. The van der Waals surface area contributed by atoms with Crippen LogP contribution in [0.5, 0.6) is 5.75 Å². The fourth-order valence-electron chi connectivity index (χ4n) is 2.99. The molecule has 0 N–H and O–H groups in total. The minimum atomic E-state index is 0.0151. The van der Waals surface area contributed by atoms with E-state index in [1.165, 1.54) is 11.8 Å². The first-order valence-corrected chi connectivity index (χ1v) is 11.4. The molecule has 4 rings (SSSR count). The predicted molar refractivity (Wildman–Crippen MR) is 125 cm³/mol. The summed E-state index contributed by atoms with van der Waals surface area (Å²) in [5, 5.41) is 9.38. The van der Waals surface area contributed by atoms with Gasteiger partial charge in [0.15, 0.2) is 16.8 Å². The van der Waals surface area contributed by atoms with Gasteiger partial charge in [-0.25, -0.2) is 0 Å². The lowest BCUT2D eigenvalue weighted by molar-refractivity contribution is 0.102. The zero-order valence-electron chi connectivity index (χ0n) is 16.7. The molecule has 8 heteroatoms. The number of nitrogens with zero attached hydrogens (tertiary/aromatic N) is 4. The third-order valence-corrected chi connectivity index (χ3v) is 5.92. The number of pyridine rings is 1. The molecule has 0 saturated carbocycles. The van der Waals surface area contributed by atoms with Gasteiger partial charge in [0.25, 0.3) is 0 Å². The molecule has 2 aromatic carbocycles. The number of halogens is 1. The van der Waals surface area contributed by atoms with Gasteiger partial charge < -0.3 is 4.74 Å². The zero-order valence-corrected chi connectivity index (χ0v) is 19.1. The first-order chi connectivity index (χ1) is 15.2. The zero-order chi connectivity index (χ0) is 21.6. The molecule has 2 heterocycles. The van der Waals surface area contributed by atoms with Gasteiger partial charge in [-0.15, -0.1) is 10.2 Å². The molecule has 0 saturated heterocycles. The molecule has 2 aromatic heterocycles. The SMILES string of the molecule is CCOc1ccc(C(=O)CSc2nnc(-c3cccnc3)n2-c2ccc(Br)cc2)cc1. The van der Waals surface area contributed by atoms with Gasteiger partial charge in [-0.1, -0.05) is 27.7 Å². The third kappa shape index (κ3) is 5.03. The topological polar surface area (TPSA) is 69.9 Å². The van der Waals surface area contributed by atoms with Gasteiger partial charge in [0.05, 0.1) is 12.4 Å². The monoisotopic (exact) mass is 494 g/mol. The van der Waals surface area contributed by atoms with E-state index in [-0.39, 0.29) is 11.5 Å². The molecule has 31 heavy (non-hydrogen) atoms. The second-order valence-electron chi connectivity index (χ2n) is 6.53. The van der Waals surface area contributed by atoms with Gasteiger partial charge in [-0.05, 0) is 67.6 Å². The van der Waals surface area contributed by atoms with Crippen LogP contribution in [0.3, 0.4) is 0 Å². The van der Waals surface area contributed by atoms with Gasteiger partial charge in [-0.3, -0.25) is 14.3 Å². The molecule has 0 radical (unpaired) electrons. The van der Waals surface area contributed by atoms with E-state index in [9.17, 15) is 4.79 Å². The molecule has 0 amide bonds. The number of rotatable bonds is 8. The van der Waals surface area contributed by atoms with E-state index in [2.05, 4.69) is 31.1 Å². The number of ether oxygens (including phenoxy) is 1. The van der Waals surface area contributed by atoms with Crippen LogP contribution in [0.1, 0.15) is 17.3 Å². The van der Waals surface area contributed by atoms with E-state index in [0.29, 0.717) is 23.2 Å². The van der Waals surface area contributed by atoms with Gasteiger partial charge in [0, 0.05) is 33.7 Å². The molecule has 0 fully saturated rings. The Hall–Kier alpha value is -2.97. The van der Waals surface area contributed by atoms with E-state index < -0.39 is 0 Å². The van der Waals surface area contributed by atoms with Crippen LogP contribution in [0.4, 0.5) is 0 Å². The minimum absolute atomic E-state index is 0.0151. The second kappa shape index (κ2) is 9.89. The smallest absolute Gasteiger partial charge is 0.196 e. The highest BCUT2D eigenvalue weighted by molar-refractivity contribution is 9.10. The third-order valence-electron chi connectivity index (χ3n) is 4.46. The molecule has 6 nitrogen and oxygen atoms in total. The highest BCUT2D eigenvalue weighted by Crippen LogP contribution is 2.29. The quantitative estimate of drug-likeness (QED) is 0.239. The van der Waals surface area contributed by atoms with Crippen molar-refractivity contribution in [3.63, 3.8) is 0 Å². The normalized spacial score (nSPS) is 10.8. The van der Waals surface area contributed by atoms with Crippen molar-refractivity contribution in [3.05, 3.63) is 83.1 Å². The fourth-order valence-corrected chi connectivity index (χ4v) is 4.10. The molecular weight excluding hydrogens is 476 g/mol. The van der Waals surface area contributed by atoms with Crippen molar-refractivity contribution >= 4 is 33.5 Å². The lowest BCUT2D eigenvalue weighted by atomic mass is 10.1. The summed E-state index contributed by atoms with van der Waals surface area (Å²) < 4.78 is 8.36. The summed E-state index contributed by atoms with van der Waals surface area (Å²) in [7, 11) is 0. The lowest BCUT2D eigenvalue weighted by Gasteiger charge is -2.10. The standard InChI is InChI=1S/C23H19BrN4O2S/c1-2-30-20-11-5-16(6-12-20)21(29)15-31-23-27-26-22(17-4-3-13-25-14-17)28(23)19-9-7-18(24)8-10-19/h3-14H,2,15H2,1H3. The average Bonchev–Trinajstić information content (AvgIpc) is 3.23. The molecule has 156 valence electrons. The van der Waals surface area contributed by atoms with Crippen molar-refractivity contribution in [2.75, 3.05) is 12.4 Å². The van der Waals surface area contributed by atoms with E-state index in [1.54, 1.807) is 24.5 Å². The molecule has 0 unspecified atom stereocenters. The maximum absolute atomic E-state index is 12.7. The van der Waals surface area contributed by atoms with Crippen LogP contribution in [0.15, 0.2) is 82.7 Å². The molecule has 0 atom stereocenters. The van der Waals surface area contributed by atoms with Crippen molar-refractivity contribution in [1.29, 1.82) is 0 Å². The Balaban J connectivity index is 1.60. The Kier molecular flexibility index (Phi) is 6.79.